The lowest BCUT2D eigenvalue weighted by atomic mass is 9.99. The number of rotatable bonds is 5. The number of benzene rings is 2. The molecule has 0 unspecified atom stereocenters. The molecular formula is C23H31IN4O. The van der Waals surface area contributed by atoms with Gasteiger partial charge in [-0.15, -0.1) is 24.0 Å². The second-order valence-electron chi connectivity index (χ2n) is 7.63. The summed E-state index contributed by atoms with van der Waals surface area (Å²) in [5, 5.41) is 6.86. The average molecular weight is 506 g/mol. The van der Waals surface area contributed by atoms with Crippen LogP contribution in [0.5, 0.6) is 5.75 Å². The molecule has 0 aliphatic carbocycles. The minimum atomic E-state index is 0. The van der Waals surface area contributed by atoms with Crippen LogP contribution in [0.4, 0.5) is 5.69 Å². The normalized spacial score (nSPS) is 15.1. The number of anilines is 1. The van der Waals surface area contributed by atoms with Gasteiger partial charge in [-0.05, 0) is 53.6 Å². The Kier molecular flexibility index (Phi) is 7.64. The quantitative estimate of drug-likeness (QED) is 0.370. The van der Waals surface area contributed by atoms with Gasteiger partial charge < -0.3 is 20.3 Å². The van der Waals surface area contributed by atoms with Gasteiger partial charge in [0.25, 0.3) is 0 Å². The molecule has 0 saturated carbocycles. The van der Waals surface area contributed by atoms with Gasteiger partial charge in [-0.2, -0.15) is 0 Å². The van der Waals surface area contributed by atoms with E-state index < -0.39 is 0 Å². The van der Waals surface area contributed by atoms with Gasteiger partial charge in [0.15, 0.2) is 5.96 Å². The Hall–Kier alpha value is -1.96. The highest BCUT2D eigenvalue weighted by Gasteiger charge is 2.14. The third kappa shape index (κ3) is 5.35. The van der Waals surface area contributed by atoms with Gasteiger partial charge in [0.2, 0.25) is 0 Å². The minimum Gasteiger partial charge on any atom is -0.493 e. The Morgan fingerprint density at radius 3 is 2.76 bits per heavy atom. The van der Waals surface area contributed by atoms with E-state index in [0.29, 0.717) is 0 Å². The molecular weight excluding hydrogens is 475 g/mol. The fraction of sp³-hybridized carbons (Fsp3) is 0.435. The first-order valence-electron chi connectivity index (χ1n) is 10.2. The molecule has 2 aliphatic rings. The van der Waals surface area contributed by atoms with Crippen LogP contribution in [0, 0.1) is 0 Å². The summed E-state index contributed by atoms with van der Waals surface area (Å²) in [6, 6.07) is 13.3. The van der Waals surface area contributed by atoms with Crippen molar-refractivity contribution < 1.29 is 4.74 Å². The van der Waals surface area contributed by atoms with Gasteiger partial charge in [0.05, 0.1) is 6.61 Å². The van der Waals surface area contributed by atoms with Crippen molar-refractivity contribution in [3.8, 4) is 5.75 Å². The number of hydrogen-bond donors (Lipinski definition) is 2. The van der Waals surface area contributed by atoms with Crippen LogP contribution in [0.3, 0.4) is 0 Å². The Balaban J connectivity index is 0.00000240. The molecule has 0 aromatic heterocycles. The molecule has 2 N–H and O–H groups in total. The topological polar surface area (TPSA) is 48.9 Å². The van der Waals surface area contributed by atoms with Crippen molar-refractivity contribution in [1.29, 1.82) is 0 Å². The first-order valence-corrected chi connectivity index (χ1v) is 10.2. The highest BCUT2D eigenvalue weighted by molar-refractivity contribution is 14.0. The maximum absolute atomic E-state index is 5.58. The van der Waals surface area contributed by atoms with Crippen LogP contribution < -0.4 is 20.3 Å². The van der Waals surface area contributed by atoms with E-state index in [-0.39, 0.29) is 24.0 Å². The van der Waals surface area contributed by atoms with E-state index in [0.717, 1.165) is 50.8 Å². The second-order valence-corrected chi connectivity index (χ2v) is 7.63. The zero-order valence-corrected chi connectivity index (χ0v) is 19.7. The van der Waals surface area contributed by atoms with Crippen LogP contribution in [-0.2, 0) is 25.8 Å². The minimum absolute atomic E-state index is 0. The predicted molar refractivity (Wildman–Crippen MR) is 131 cm³/mol. The monoisotopic (exact) mass is 506 g/mol. The van der Waals surface area contributed by atoms with E-state index in [1.54, 1.807) is 0 Å². The van der Waals surface area contributed by atoms with Crippen LogP contribution in [0.1, 0.15) is 28.7 Å². The lowest BCUT2D eigenvalue weighted by Crippen LogP contribution is -2.37. The van der Waals surface area contributed by atoms with Crippen molar-refractivity contribution in [3.05, 3.63) is 58.7 Å². The molecule has 2 aromatic carbocycles. The van der Waals surface area contributed by atoms with Crippen molar-refractivity contribution in [2.24, 2.45) is 4.99 Å². The molecule has 0 amide bonds. The lowest BCUT2D eigenvalue weighted by molar-refractivity contribution is 0.357. The standard InChI is InChI=1S/C23H30N4O.HI/c1-24-23(25-11-9-17-6-8-22-20(14-17)10-13-28-22)26-16-18-5-7-21-19(15-18)4-3-12-27(21)2;/h5-8,14-15H,3-4,9-13,16H2,1-2H3,(H2,24,25,26);1H. The number of halogens is 1. The fourth-order valence-electron chi connectivity index (χ4n) is 4.08. The maximum atomic E-state index is 5.58. The maximum Gasteiger partial charge on any atom is 0.191 e. The van der Waals surface area contributed by atoms with E-state index in [1.807, 2.05) is 7.05 Å². The van der Waals surface area contributed by atoms with E-state index in [9.17, 15) is 0 Å². The lowest BCUT2D eigenvalue weighted by Gasteiger charge is -2.28. The smallest absolute Gasteiger partial charge is 0.191 e. The summed E-state index contributed by atoms with van der Waals surface area (Å²) in [5.41, 5.74) is 6.80. The fourth-order valence-corrected chi connectivity index (χ4v) is 4.08. The number of fused-ring (bicyclic) bond motifs is 2. The molecule has 29 heavy (non-hydrogen) atoms. The van der Waals surface area contributed by atoms with Crippen LogP contribution >= 0.6 is 24.0 Å². The van der Waals surface area contributed by atoms with Crippen LogP contribution in [-0.4, -0.2) is 39.8 Å². The van der Waals surface area contributed by atoms with Gasteiger partial charge in [0.1, 0.15) is 5.75 Å². The van der Waals surface area contributed by atoms with E-state index in [1.165, 1.54) is 40.8 Å². The van der Waals surface area contributed by atoms with E-state index in [4.69, 9.17) is 4.74 Å². The molecule has 0 radical (unpaired) electrons. The molecule has 2 aromatic rings. The molecule has 0 atom stereocenters. The summed E-state index contributed by atoms with van der Waals surface area (Å²) < 4.78 is 5.58. The Morgan fingerprint density at radius 2 is 1.90 bits per heavy atom. The zero-order chi connectivity index (χ0) is 19.3. The van der Waals surface area contributed by atoms with Gasteiger partial charge in [-0.1, -0.05) is 24.3 Å². The summed E-state index contributed by atoms with van der Waals surface area (Å²) in [4.78, 5) is 6.71. The first kappa shape index (κ1) is 21.7. The molecule has 0 fully saturated rings. The van der Waals surface area contributed by atoms with Gasteiger partial charge >= 0.3 is 0 Å². The Morgan fingerprint density at radius 1 is 1.07 bits per heavy atom. The van der Waals surface area contributed by atoms with Gasteiger partial charge in [-0.3, -0.25) is 4.99 Å². The summed E-state index contributed by atoms with van der Waals surface area (Å²) in [6.07, 6.45) is 4.40. The summed E-state index contributed by atoms with van der Waals surface area (Å²) in [6.45, 7) is 3.60. The molecule has 156 valence electrons. The average Bonchev–Trinajstić information content (AvgIpc) is 3.18. The van der Waals surface area contributed by atoms with Crippen molar-refractivity contribution in [3.63, 3.8) is 0 Å². The number of hydrogen-bond acceptors (Lipinski definition) is 3. The van der Waals surface area contributed by atoms with Crippen LogP contribution in [0.25, 0.3) is 0 Å². The first-order chi connectivity index (χ1) is 13.7. The molecule has 0 spiro atoms. The zero-order valence-electron chi connectivity index (χ0n) is 17.3. The van der Waals surface area contributed by atoms with Gasteiger partial charge in [0, 0.05) is 45.8 Å². The number of nitrogens with one attached hydrogen (secondary N) is 2. The molecule has 2 aliphatic heterocycles. The molecule has 0 saturated heterocycles. The number of guanidine groups is 1. The van der Waals surface area contributed by atoms with E-state index >= 15 is 0 Å². The van der Waals surface area contributed by atoms with Crippen molar-refractivity contribution >= 4 is 35.6 Å². The molecule has 0 bridgehead atoms. The van der Waals surface area contributed by atoms with Crippen molar-refractivity contribution in [1.82, 2.24) is 10.6 Å². The Labute approximate surface area is 191 Å². The number of aryl methyl sites for hydroxylation is 1. The number of aliphatic imine (C=N–C) groups is 1. The van der Waals surface area contributed by atoms with Crippen LogP contribution in [0.15, 0.2) is 41.4 Å². The van der Waals surface area contributed by atoms with Gasteiger partial charge in [-0.25, -0.2) is 0 Å². The SMILES string of the molecule is CN=C(NCCc1ccc2c(c1)CCO2)NCc1ccc2c(c1)CCCN2C.I. The van der Waals surface area contributed by atoms with E-state index in [2.05, 4.69) is 64.0 Å². The third-order valence-electron chi connectivity index (χ3n) is 5.64. The predicted octanol–water partition coefficient (Wildman–Crippen LogP) is 3.53. The third-order valence-corrected chi connectivity index (χ3v) is 5.64. The highest BCUT2D eigenvalue weighted by Crippen LogP contribution is 2.27. The molecule has 4 rings (SSSR count). The number of ether oxygens (including phenoxy) is 1. The summed E-state index contributed by atoms with van der Waals surface area (Å²) in [5.74, 6) is 1.89. The molecule has 6 heteroatoms. The Bertz CT molecular complexity index is 868. The summed E-state index contributed by atoms with van der Waals surface area (Å²) in [7, 11) is 4.00. The van der Waals surface area contributed by atoms with Crippen molar-refractivity contribution in [2.75, 3.05) is 38.7 Å². The second kappa shape index (κ2) is 10.2. The largest absolute Gasteiger partial charge is 0.493 e. The summed E-state index contributed by atoms with van der Waals surface area (Å²) >= 11 is 0. The van der Waals surface area contributed by atoms with Crippen LogP contribution in [0.2, 0.25) is 0 Å². The molecule has 2 heterocycles. The van der Waals surface area contributed by atoms with Crippen molar-refractivity contribution in [2.45, 2.75) is 32.2 Å². The number of nitrogens with zero attached hydrogens (tertiary/aromatic N) is 2. The molecule has 5 nitrogen and oxygen atoms in total. The highest BCUT2D eigenvalue weighted by atomic mass is 127.